The molecule has 3 rings (SSSR count). The zero-order chi connectivity index (χ0) is 23.1. The van der Waals surface area contributed by atoms with E-state index in [0.717, 1.165) is 9.87 Å². The summed E-state index contributed by atoms with van der Waals surface area (Å²) in [6, 6.07) is 21.6. The predicted molar refractivity (Wildman–Crippen MR) is 124 cm³/mol. The van der Waals surface area contributed by atoms with Gasteiger partial charge in [-0.1, -0.05) is 42.5 Å². The van der Waals surface area contributed by atoms with E-state index in [4.69, 9.17) is 9.47 Å². The van der Waals surface area contributed by atoms with E-state index in [-0.39, 0.29) is 10.9 Å². The molecule has 32 heavy (non-hydrogen) atoms. The SMILES string of the molecule is COc1cccc(N(CC(=O)NC(C)c2ccccc2OC)S(=O)(=O)c2ccccc2)c1. The van der Waals surface area contributed by atoms with Gasteiger partial charge in [0.1, 0.15) is 18.0 Å². The zero-order valence-corrected chi connectivity index (χ0v) is 19.0. The van der Waals surface area contributed by atoms with E-state index in [0.29, 0.717) is 17.2 Å². The minimum atomic E-state index is -4.00. The summed E-state index contributed by atoms with van der Waals surface area (Å²) in [5.74, 6) is 0.672. The highest BCUT2D eigenvalue weighted by atomic mass is 32.2. The molecule has 1 atom stereocenters. The largest absolute Gasteiger partial charge is 0.497 e. The Morgan fingerprint density at radius 2 is 1.62 bits per heavy atom. The minimum absolute atomic E-state index is 0.0911. The summed E-state index contributed by atoms with van der Waals surface area (Å²) < 4.78 is 38.5. The first-order valence-corrected chi connectivity index (χ1v) is 11.4. The van der Waals surface area contributed by atoms with Crippen molar-refractivity contribution in [1.29, 1.82) is 0 Å². The van der Waals surface area contributed by atoms with Crippen LogP contribution in [0, 0.1) is 0 Å². The number of ether oxygens (including phenoxy) is 2. The molecule has 3 aromatic carbocycles. The van der Waals surface area contributed by atoms with Crippen LogP contribution >= 0.6 is 0 Å². The standard InChI is InChI=1S/C24H26N2O5S/c1-18(22-14-7-8-15-23(22)31-3)25-24(27)17-26(19-10-9-11-20(16-19)30-2)32(28,29)21-12-5-4-6-13-21/h4-16,18H,17H2,1-3H3,(H,25,27). The molecule has 1 N–H and O–H groups in total. The van der Waals surface area contributed by atoms with Gasteiger partial charge in [0.25, 0.3) is 10.0 Å². The number of nitrogens with zero attached hydrogens (tertiary/aromatic N) is 1. The van der Waals surface area contributed by atoms with Crippen LogP contribution in [0.25, 0.3) is 0 Å². The summed E-state index contributed by atoms with van der Waals surface area (Å²) in [6.45, 7) is 1.42. The number of amides is 1. The molecule has 0 saturated carbocycles. The number of sulfonamides is 1. The monoisotopic (exact) mass is 454 g/mol. The summed E-state index contributed by atoms with van der Waals surface area (Å²) in [7, 11) is -0.939. The Labute approximate surface area is 188 Å². The number of nitrogens with one attached hydrogen (secondary N) is 1. The molecule has 0 aliphatic rings. The number of anilines is 1. The maximum atomic E-state index is 13.4. The van der Waals surface area contributed by atoms with E-state index in [2.05, 4.69) is 5.32 Å². The fourth-order valence-electron chi connectivity index (χ4n) is 3.32. The first kappa shape index (κ1) is 23.1. The summed E-state index contributed by atoms with van der Waals surface area (Å²) in [4.78, 5) is 13.0. The number of carbonyl (C=O) groups is 1. The van der Waals surface area contributed by atoms with Crippen LogP contribution in [0.4, 0.5) is 5.69 Å². The minimum Gasteiger partial charge on any atom is -0.497 e. The maximum Gasteiger partial charge on any atom is 0.264 e. The van der Waals surface area contributed by atoms with Gasteiger partial charge in [-0.3, -0.25) is 9.10 Å². The van der Waals surface area contributed by atoms with Crippen molar-refractivity contribution >= 4 is 21.6 Å². The van der Waals surface area contributed by atoms with Crippen molar-refractivity contribution in [1.82, 2.24) is 5.32 Å². The van der Waals surface area contributed by atoms with Crippen LogP contribution in [0.2, 0.25) is 0 Å². The highest BCUT2D eigenvalue weighted by molar-refractivity contribution is 7.92. The fraction of sp³-hybridized carbons (Fsp3) is 0.208. The van der Waals surface area contributed by atoms with E-state index >= 15 is 0 Å². The van der Waals surface area contributed by atoms with Crippen molar-refractivity contribution in [3.8, 4) is 11.5 Å². The Morgan fingerprint density at radius 1 is 0.938 bits per heavy atom. The van der Waals surface area contributed by atoms with Crippen molar-refractivity contribution in [2.75, 3.05) is 25.1 Å². The van der Waals surface area contributed by atoms with E-state index in [1.165, 1.54) is 19.2 Å². The second kappa shape index (κ2) is 10.2. The lowest BCUT2D eigenvalue weighted by Gasteiger charge is -2.25. The lowest BCUT2D eigenvalue weighted by atomic mass is 10.1. The van der Waals surface area contributed by atoms with Gasteiger partial charge in [-0.15, -0.1) is 0 Å². The van der Waals surface area contributed by atoms with Gasteiger partial charge >= 0.3 is 0 Å². The zero-order valence-electron chi connectivity index (χ0n) is 18.2. The summed E-state index contributed by atoms with van der Waals surface area (Å²) >= 11 is 0. The van der Waals surface area contributed by atoms with Gasteiger partial charge < -0.3 is 14.8 Å². The molecule has 0 saturated heterocycles. The summed E-state index contributed by atoms with van der Waals surface area (Å²) in [5.41, 5.74) is 1.12. The lowest BCUT2D eigenvalue weighted by Crippen LogP contribution is -2.41. The number of benzene rings is 3. The van der Waals surface area contributed by atoms with E-state index < -0.39 is 22.5 Å². The number of para-hydroxylation sites is 1. The molecule has 0 spiro atoms. The molecule has 1 amide bonds. The maximum absolute atomic E-state index is 13.4. The van der Waals surface area contributed by atoms with E-state index in [1.807, 2.05) is 25.1 Å². The molecule has 168 valence electrons. The van der Waals surface area contributed by atoms with Crippen molar-refractivity contribution < 1.29 is 22.7 Å². The third kappa shape index (κ3) is 5.20. The molecule has 1 unspecified atom stereocenters. The Morgan fingerprint density at radius 3 is 2.31 bits per heavy atom. The number of rotatable bonds is 9. The first-order chi connectivity index (χ1) is 15.4. The van der Waals surface area contributed by atoms with Gasteiger partial charge in [0.2, 0.25) is 5.91 Å². The van der Waals surface area contributed by atoms with Crippen molar-refractivity contribution in [3.63, 3.8) is 0 Å². The van der Waals surface area contributed by atoms with Crippen LogP contribution in [0.3, 0.4) is 0 Å². The fourth-order valence-corrected chi connectivity index (χ4v) is 4.75. The molecule has 7 nitrogen and oxygen atoms in total. The average molecular weight is 455 g/mol. The smallest absolute Gasteiger partial charge is 0.264 e. The number of hydrogen-bond donors (Lipinski definition) is 1. The normalized spacial score (nSPS) is 12.0. The molecule has 0 aliphatic heterocycles. The van der Waals surface area contributed by atoms with Gasteiger partial charge in [-0.25, -0.2) is 8.42 Å². The number of carbonyl (C=O) groups excluding carboxylic acids is 1. The number of hydrogen-bond acceptors (Lipinski definition) is 5. The second-order valence-corrected chi connectivity index (χ2v) is 8.92. The molecule has 0 bridgehead atoms. The predicted octanol–water partition coefficient (Wildman–Crippen LogP) is 3.78. The third-order valence-corrected chi connectivity index (χ3v) is 6.73. The van der Waals surface area contributed by atoms with E-state index in [9.17, 15) is 13.2 Å². The van der Waals surface area contributed by atoms with Gasteiger partial charge in [-0.2, -0.15) is 0 Å². The molecule has 0 fully saturated rings. The highest BCUT2D eigenvalue weighted by Crippen LogP contribution is 2.28. The molecule has 8 heteroatoms. The second-order valence-electron chi connectivity index (χ2n) is 7.06. The third-order valence-electron chi connectivity index (χ3n) is 4.94. The Hall–Kier alpha value is -3.52. The van der Waals surface area contributed by atoms with Crippen molar-refractivity contribution in [2.45, 2.75) is 17.9 Å². The summed E-state index contributed by atoms with van der Waals surface area (Å²) in [5, 5.41) is 2.87. The number of methoxy groups -OCH3 is 2. The van der Waals surface area contributed by atoms with Crippen LogP contribution in [0.1, 0.15) is 18.5 Å². The van der Waals surface area contributed by atoms with Crippen molar-refractivity contribution in [2.24, 2.45) is 0 Å². The van der Waals surface area contributed by atoms with Gasteiger partial charge in [-0.05, 0) is 37.3 Å². The van der Waals surface area contributed by atoms with Gasteiger partial charge in [0.15, 0.2) is 0 Å². The molecular formula is C24H26N2O5S. The topological polar surface area (TPSA) is 84.9 Å². The quantitative estimate of drug-likeness (QED) is 0.532. The highest BCUT2D eigenvalue weighted by Gasteiger charge is 2.28. The van der Waals surface area contributed by atoms with Crippen LogP contribution < -0.4 is 19.1 Å². The van der Waals surface area contributed by atoms with Gasteiger partial charge in [0.05, 0.1) is 30.8 Å². The Bertz CT molecular complexity index is 1170. The van der Waals surface area contributed by atoms with Crippen molar-refractivity contribution in [3.05, 3.63) is 84.4 Å². The van der Waals surface area contributed by atoms with Crippen LogP contribution in [0.5, 0.6) is 11.5 Å². The Kier molecular flexibility index (Phi) is 7.37. The first-order valence-electron chi connectivity index (χ1n) is 10.0. The van der Waals surface area contributed by atoms with Crippen LogP contribution in [-0.2, 0) is 14.8 Å². The molecular weight excluding hydrogens is 428 g/mol. The van der Waals surface area contributed by atoms with Crippen LogP contribution in [0.15, 0.2) is 83.8 Å². The van der Waals surface area contributed by atoms with Gasteiger partial charge in [0, 0.05) is 11.6 Å². The van der Waals surface area contributed by atoms with Crippen LogP contribution in [-0.4, -0.2) is 35.1 Å². The lowest BCUT2D eigenvalue weighted by molar-refractivity contribution is -0.120. The Balaban J connectivity index is 1.91. The van der Waals surface area contributed by atoms with E-state index in [1.54, 1.807) is 55.6 Å². The molecule has 0 radical (unpaired) electrons. The average Bonchev–Trinajstić information content (AvgIpc) is 2.82. The molecule has 0 aliphatic carbocycles. The molecule has 3 aromatic rings. The molecule has 0 aromatic heterocycles. The molecule has 0 heterocycles. The summed E-state index contributed by atoms with van der Waals surface area (Å²) in [6.07, 6.45) is 0.